The number of anilines is 1. The van der Waals surface area contributed by atoms with Crippen molar-refractivity contribution >= 4 is 11.6 Å². The van der Waals surface area contributed by atoms with E-state index >= 15 is 0 Å². The number of rotatable bonds is 7. The molecule has 0 saturated heterocycles. The van der Waals surface area contributed by atoms with Crippen LogP contribution in [-0.4, -0.2) is 44.6 Å². The summed E-state index contributed by atoms with van der Waals surface area (Å²) in [7, 11) is 3.71. The first-order valence-corrected chi connectivity index (χ1v) is 7.97. The van der Waals surface area contributed by atoms with E-state index in [1.54, 1.807) is 30.1 Å². The Balaban J connectivity index is 1.89. The highest BCUT2D eigenvalue weighted by Crippen LogP contribution is 2.16. The van der Waals surface area contributed by atoms with E-state index in [2.05, 4.69) is 11.8 Å². The summed E-state index contributed by atoms with van der Waals surface area (Å²) in [6, 6.07) is 13.7. The summed E-state index contributed by atoms with van der Waals surface area (Å²) in [4.78, 5) is 16.1. The first-order chi connectivity index (χ1) is 11.5. The van der Waals surface area contributed by atoms with Crippen LogP contribution in [0.1, 0.15) is 17.3 Å². The third-order valence-electron chi connectivity index (χ3n) is 3.90. The van der Waals surface area contributed by atoms with Gasteiger partial charge in [0.25, 0.3) is 5.91 Å². The van der Waals surface area contributed by atoms with E-state index in [1.807, 2.05) is 31.3 Å². The standard InChI is InChI=1S/C19H23FN2O2/c1-4-21(2)16-11-9-15(10-12-16)19(23)22(3)13-14-24-18-8-6-5-7-17(18)20/h5-12H,4,13-14H2,1-3H3. The number of benzene rings is 2. The highest BCUT2D eigenvalue weighted by Gasteiger charge is 2.12. The number of carbonyl (C=O) groups is 1. The molecule has 2 aromatic carbocycles. The zero-order valence-corrected chi connectivity index (χ0v) is 14.3. The molecule has 0 aliphatic heterocycles. The molecule has 0 heterocycles. The molecular weight excluding hydrogens is 307 g/mol. The first kappa shape index (κ1) is 17.8. The molecule has 0 saturated carbocycles. The van der Waals surface area contributed by atoms with Crippen LogP contribution in [0, 0.1) is 5.82 Å². The summed E-state index contributed by atoms with van der Waals surface area (Å²) < 4.78 is 18.8. The number of hydrogen-bond donors (Lipinski definition) is 0. The van der Waals surface area contributed by atoms with Crippen LogP contribution in [0.2, 0.25) is 0 Å². The Morgan fingerprint density at radius 1 is 1.08 bits per heavy atom. The Bertz CT molecular complexity index is 673. The maximum atomic E-state index is 13.5. The molecule has 0 atom stereocenters. The van der Waals surface area contributed by atoms with Crippen molar-refractivity contribution in [2.75, 3.05) is 38.7 Å². The van der Waals surface area contributed by atoms with Gasteiger partial charge in [0.1, 0.15) is 6.61 Å². The fourth-order valence-corrected chi connectivity index (χ4v) is 2.22. The zero-order valence-electron chi connectivity index (χ0n) is 14.3. The number of ether oxygens (including phenoxy) is 1. The quantitative estimate of drug-likeness (QED) is 0.780. The summed E-state index contributed by atoms with van der Waals surface area (Å²) in [6.07, 6.45) is 0. The van der Waals surface area contributed by atoms with E-state index in [-0.39, 0.29) is 18.3 Å². The predicted molar refractivity (Wildman–Crippen MR) is 94.2 cm³/mol. The number of halogens is 1. The van der Waals surface area contributed by atoms with E-state index in [1.165, 1.54) is 6.07 Å². The second kappa shape index (κ2) is 8.34. The summed E-state index contributed by atoms with van der Waals surface area (Å²) in [5.74, 6) is -0.287. The summed E-state index contributed by atoms with van der Waals surface area (Å²) >= 11 is 0. The molecule has 4 nitrogen and oxygen atoms in total. The van der Waals surface area contributed by atoms with Crippen LogP contribution < -0.4 is 9.64 Å². The first-order valence-electron chi connectivity index (χ1n) is 7.97. The van der Waals surface area contributed by atoms with Crippen LogP contribution in [0.3, 0.4) is 0 Å². The normalized spacial score (nSPS) is 10.3. The van der Waals surface area contributed by atoms with Crippen molar-refractivity contribution in [1.29, 1.82) is 0 Å². The van der Waals surface area contributed by atoms with Crippen molar-refractivity contribution < 1.29 is 13.9 Å². The Morgan fingerprint density at radius 2 is 1.75 bits per heavy atom. The van der Waals surface area contributed by atoms with Gasteiger partial charge in [-0.25, -0.2) is 4.39 Å². The van der Waals surface area contributed by atoms with Crippen molar-refractivity contribution in [3.63, 3.8) is 0 Å². The minimum absolute atomic E-state index is 0.0853. The molecule has 2 rings (SSSR count). The fraction of sp³-hybridized carbons (Fsp3) is 0.316. The monoisotopic (exact) mass is 330 g/mol. The van der Waals surface area contributed by atoms with E-state index in [9.17, 15) is 9.18 Å². The van der Waals surface area contributed by atoms with Gasteiger partial charge in [0, 0.05) is 31.9 Å². The molecule has 0 unspecified atom stereocenters. The van der Waals surface area contributed by atoms with Gasteiger partial charge >= 0.3 is 0 Å². The van der Waals surface area contributed by atoms with Crippen LogP contribution in [0.25, 0.3) is 0 Å². The molecule has 0 fully saturated rings. The lowest BCUT2D eigenvalue weighted by atomic mass is 10.1. The Morgan fingerprint density at radius 3 is 2.38 bits per heavy atom. The topological polar surface area (TPSA) is 32.8 Å². The number of amides is 1. The number of carbonyl (C=O) groups excluding carboxylic acids is 1. The minimum atomic E-state index is -0.401. The molecule has 1 amide bonds. The zero-order chi connectivity index (χ0) is 17.5. The van der Waals surface area contributed by atoms with Gasteiger partial charge in [-0.2, -0.15) is 0 Å². The van der Waals surface area contributed by atoms with Gasteiger partial charge in [-0.05, 0) is 43.3 Å². The molecule has 0 aromatic heterocycles. The second-order valence-corrected chi connectivity index (χ2v) is 5.57. The molecule has 0 aliphatic carbocycles. The van der Waals surface area contributed by atoms with E-state index < -0.39 is 5.82 Å². The average Bonchev–Trinajstić information content (AvgIpc) is 2.62. The number of nitrogens with zero attached hydrogens (tertiary/aromatic N) is 2. The van der Waals surface area contributed by atoms with E-state index in [4.69, 9.17) is 4.74 Å². The lowest BCUT2D eigenvalue weighted by Gasteiger charge is -2.19. The van der Waals surface area contributed by atoms with Gasteiger partial charge in [0.05, 0.1) is 6.54 Å². The van der Waals surface area contributed by atoms with Crippen molar-refractivity contribution in [2.45, 2.75) is 6.92 Å². The van der Waals surface area contributed by atoms with Gasteiger partial charge in [-0.3, -0.25) is 4.79 Å². The third kappa shape index (κ3) is 4.47. The molecule has 5 heteroatoms. The SMILES string of the molecule is CCN(C)c1ccc(C(=O)N(C)CCOc2ccccc2F)cc1. The molecule has 0 bridgehead atoms. The smallest absolute Gasteiger partial charge is 0.253 e. The van der Waals surface area contributed by atoms with Gasteiger partial charge in [0.15, 0.2) is 11.6 Å². The Kier molecular flexibility index (Phi) is 6.18. The van der Waals surface area contributed by atoms with Crippen LogP contribution in [0.15, 0.2) is 48.5 Å². The molecule has 128 valence electrons. The predicted octanol–water partition coefficient (Wildman–Crippen LogP) is 3.43. The highest BCUT2D eigenvalue weighted by atomic mass is 19.1. The van der Waals surface area contributed by atoms with E-state index in [0.717, 1.165) is 12.2 Å². The molecular formula is C19H23FN2O2. The number of likely N-dealkylation sites (N-methyl/N-ethyl adjacent to an activating group) is 1. The molecule has 0 radical (unpaired) electrons. The summed E-state index contributed by atoms with van der Waals surface area (Å²) in [6.45, 7) is 3.59. The average molecular weight is 330 g/mol. The van der Waals surface area contributed by atoms with Gasteiger partial charge in [-0.15, -0.1) is 0 Å². The maximum Gasteiger partial charge on any atom is 0.253 e. The van der Waals surface area contributed by atoms with Crippen LogP contribution >= 0.6 is 0 Å². The number of hydrogen-bond acceptors (Lipinski definition) is 3. The summed E-state index contributed by atoms with van der Waals surface area (Å²) in [5.41, 5.74) is 1.69. The molecule has 2 aromatic rings. The fourth-order valence-electron chi connectivity index (χ4n) is 2.22. The van der Waals surface area contributed by atoms with Crippen LogP contribution in [0.5, 0.6) is 5.75 Å². The van der Waals surface area contributed by atoms with Crippen molar-refractivity contribution in [1.82, 2.24) is 4.90 Å². The maximum absolute atomic E-state index is 13.5. The molecule has 0 N–H and O–H groups in total. The van der Waals surface area contributed by atoms with Crippen LogP contribution in [0.4, 0.5) is 10.1 Å². The number of para-hydroxylation sites is 1. The van der Waals surface area contributed by atoms with Crippen molar-refractivity contribution in [3.8, 4) is 5.75 Å². The van der Waals surface area contributed by atoms with Gasteiger partial charge < -0.3 is 14.5 Å². The molecule has 0 spiro atoms. The highest BCUT2D eigenvalue weighted by molar-refractivity contribution is 5.94. The van der Waals surface area contributed by atoms with Gasteiger partial charge in [-0.1, -0.05) is 12.1 Å². The van der Waals surface area contributed by atoms with Crippen LogP contribution in [-0.2, 0) is 0 Å². The van der Waals surface area contributed by atoms with Gasteiger partial charge in [0.2, 0.25) is 0 Å². The van der Waals surface area contributed by atoms with E-state index in [0.29, 0.717) is 12.1 Å². The minimum Gasteiger partial charge on any atom is -0.489 e. The Hall–Kier alpha value is -2.56. The lowest BCUT2D eigenvalue weighted by Crippen LogP contribution is -2.31. The molecule has 0 aliphatic rings. The Labute approximate surface area is 142 Å². The van der Waals surface area contributed by atoms with Crippen molar-refractivity contribution in [2.24, 2.45) is 0 Å². The summed E-state index contributed by atoms with van der Waals surface area (Å²) in [5, 5.41) is 0. The lowest BCUT2D eigenvalue weighted by molar-refractivity contribution is 0.0773. The second-order valence-electron chi connectivity index (χ2n) is 5.57. The van der Waals surface area contributed by atoms with Crippen molar-refractivity contribution in [3.05, 3.63) is 59.9 Å². The third-order valence-corrected chi connectivity index (χ3v) is 3.90. The molecule has 24 heavy (non-hydrogen) atoms. The largest absolute Gasteiger partial charge is 0.489 e.